The summed E-state index contributed by atoms with van der Waals surface area (Å²) >= 11 is 0. The Morgan fingerprint density at radius 3 is 1.74 bits per heavy atom. The molecule has 0 spiro atoms. The Kier molecular flexibility index (Phi) is 24.7. The van der Waals surface area contributed by atoms with Crippen LogP contribution < -0.4 is 31.9 Å². The van der Waals surface area contributed by atoms with Crippen molar-refractivity contribution < 1.29 is 67.0 Å². The van der Waals surface area contributed by atoms with E-state index in [2.05, 4.69) is 38.5 Å². The third-order valence-electron chi connectivity index (χ3n) is 11.4. The first-order chi connectivity index (χ1) is 32.7. The van der Waals surface area contributed by atoms with Gasteiger partial charge in [0.2, 0.25) is 41.2 Å². The maximum Gasteiger partial charge on any atom is 0.325 e. The molecule has 2 aliphatic rings. The van der Waals surface area contributed by atoms with Gasteiger partial charge in [-0.3, -0.25) is 52.7 Å². The molecule has 21 nitrogen and oxygen atoms in total. The lowest BCUT2D eigenvalue weighted by Gasteiger charge is -2.36. The van der Waals surface area contributed by atoms with E-state index in [1.165, 1.54) is 17.9 Å². The van der Waals surface area contributed by atoms with Gasteiger partial charge in [-0.25, -0.2) is 0 Å². The molecular formula is C49H79N7O14. The Morgan fingerprint density at radius 2 is 1.23 bits per heavy atom. The molecule has 70 heavy (non-hydrogen) atoms. The molecule has 1 aliphatic heterocycles. The van der Waals surface area contributed by atoms with Gasteiger partial charge in [0.25, 0.3) is 5.91 Å². The molecule has 6 N–H and O–H groups in total. The fourth-order valence-corrected chi connectivity index (χ4v) is 8.15. The minimum atomic E-state index is -1.44. The fourth-order valence-electron chi connectivity index (χ4n) is 8.15. The maximum absolute atomic E-state index is 14.7. The molecule has 1 aliphatic carbocycles. The number of esters is 3. The van der Waals surface area contributed by atoms with E-state index in [1.807, 2.05) is 0 Å². The first-order valence-corrected chi connectivity index (χ1v) is 24.5. The van der Waals surface area contributed by atoms with E-state index in [0.29, 0.717) is 25.7 Å². The highest BCUT2D eigenvalue weighted by Gasteiger charge is 2.43. The van der Waals surface area contributed by atoms with Crippen LogP contribution in [0.25, 0.3) is 0 Å². The minimum Gasteiger partial charge on any atom is -0.460 e. The van der Waals surface area contributed by atoms with Crippen LogP contribution in [0.4, 0.5) is 0 Å². The van der Waals surface area contributed by atoms with Crippen LogP contribution in [0, 0.1) is 11.8 Å². The number of likely N-dealkylation sites (tertiary alicyclic amines) is 1. The number of hydrogen-bond acceptors (Lipinski definition) is 14. The minimum absolute atomic E-state index is 0.0841. The van der Waals surface area contributed by atoms with Crippen molar-refractivity contribution in [3.63, 3.8) is 0 Å². The molecule has 0 bridgehead atoms. The summed E-state index contributed by atoms with van der Waals surface area (Å²) in [6.07, 6.45) is 5.14. The summed E-state index contributed by atoms with van der Waals surface area (Å²) < 4.78 is 15.6. The average molecular weight is 990 g/mol. The second kappa shape index (κ2) is 28.7. The second-order valence-corrected chi connectivity index (χ2v) is 20.2. The van der Waals surface area contributed by atoms with Gasteiger partial charge in [-0.15, -0.1) is 0 Å². The number of carbonyl (C=O) groups excluding carboxylic acids is 11. The van der Waals surface area contributed by atoms with E-state index >= 15 is 0 Å². The van der Waals surface area contributed by atoms with Crippen molar-refractivity contribution in [2.24, 2.45) is 11.8 Å². The normalized spacial score (nSPS) is 17.3. The van der Waals surface area contributed by atoms with Gasteiger partial charge in [0, 0.05) is 26.3 Å². The third-order valence-corrected chi connectivity index (χ3v) is 11.4. The third kappa shape index (κ3) is 21.4. The van der Waals surface area contributed by atoms with E-state index in [1.54, 1.807) is 62.3 Å². The summed E-state index contributed by atoms with van der Waals surface area (Å²) in [6.45, 7) is 19.3. The monoisotopic (exact) mass is 990 g/mol. The lowest BCUT2D eigenvalue weighted by atomic mass is 9.83. The van der Waals surface area contributed by atoms with Gasteiger partial charge >= 0.3 is 17.9 Å². The van der Waals surface area contributed by atoms with Crippen LogP contribution in [-0.2, 0) is 67.0 Å². The number of nitrogens with zero attached hydrogens (tertiary/aromatic N) is 1. The van der Waals surface area contributed by atoms with Crippen LogP contribution in [0.15, 0.2) is 12.7 Å². The van der Waals surface area contributed by atoms with Gasteiger partial charge in [0.05, 0.1) is 6.04 Å². The van der Waals surface area contributed by atoms with E-state index in [-0.39, 0.29) is 57.6 Å². The number of Topliss-reactive ketones (excluding diaryl/α,β-unsaturated/α-hetero) is 1. The molecule has 1 saturated heterocycles. The Labute approximate surface area is 412 Å². The molecule has 0 aromatic carbocycles. The zero-order chi connectivity index (χ0) is 52.9. The van der Waals surface area contributed by atoms with Gasteiger partial charge in [0.1, 0.15) is 54.6 Å². The van der Waals surface area contributed by atoms with E-state index in [9.17, 15) is 52.7 Å². The number of ether oxygens (including phenoxy) is 3. The number of rotatable bonds is 26. The molecule has 2 rings (SSSR count). The molecule has 394 valence electrons. The van der Waals surface area contributed by atoms with Crippen molar-refractivity contribution in [1.82, 2.24) is 36.8 Å². The van der Waals surface area contributed by atoms with Crippen LogP contribution >= 0.6 is 0 Å². The van der Waals surface area contributed by atoms with E-state index in [0.717, 1.165) is 19.3 Å². The van der Waals surface area contributed by atoms with Crippen LogP contribution in [0.5, 0.6) is 0 Å². The second-order valence-electron chi connectivity index (χ2n) is 20.2. The average Bonchev–Trinajstić information content (AvgIpc) is 3.77. The molecule has 21 heteroatoms. The van der Waals surface area contributed by atoms with Crippen LogP contribution in [0.1, 0.15) is 153 Å². The summed E-state index contributed by atoms with van der Waals surface area (Å²) in [5.41, 5.74) is -1.66. The summed E-state index contributed by atoms with van der Waals surface area (Å²) in [4.78, 5) is 148. The molecule has 0 radical (unpaired) electrons. The molecule has 6 atom stereocenters. The molecule has 6 unspecified atom stereocenters. The molecule has 1 saturated carbocycles. The van der Waals surface area contributed by atoms with Gasteiger partial charge in [-0.2, -0.15) is 0 Å². The number of hydrogen-bond donors (Lipinski definition) is 6. The van der Waals surface area contributed by atoms with Gasteiger partial charge in [0.15, 0.2) is 0 Å². The quantitative estimate of drug-likeness (QED) is 0.0314. The van der Waals surface area contributed by atoms with Crippen molar-refractivity contribution in [1.29, 1.82) is 0 Å². The number of amides is 7. The Bertz CT molecular complexity index is 1880. The van der Waals surface area contributed by atoms with Crippen molar-refractivity contribution in [2.45, 2.75) is 200 Å². The SMILES string of the molecule is C=CCOC(=O)CNC(=O)C(=O)C(CCC)NC(=O)C1CCCN1C(=O)C(NC(=O)C(NC(=O)C(CCC(=O)OC(C)(C)C)NC(=O)C(CCC(=O)OC(C)(C)C)NC(C)=O)C(C)C)C1CCCCC1. The standard InChI is InChI=1S/C49H79N7O14/c1-12-18-32(41(61)46(66)50-28-38(60)68-27-13-2)52-44(64)35-21-17-26-56(35)47(67)40(31-19-15-14-16-20-31)55-45(65)39(29(3)4)54-43(63)34(23-25-37(59)70-49(9,10)11)53-42(62)33(51-30(5)57)22-24-36(58)69-48(6,7)8/h13,29,31-35,39-40H,2,12,14-28H2,1,3-11H3,(H,50,66)(H,51,57)(H,52,64)(H,53,62)(H,54,63)(H,55,65). The Balaban J connectivity index is 2.39. The highest BCUT2D eigenvalue weighted by Crippen LogP contribution is 2.30. The van der Waals surface area contributed by atoms with Crippen molar-refractivity contribution in [2.75, 3.05) is 19.7 Å². The zero-order valence-corrected chi connectivity index (χ0v) is 42.9. The van der Waals surface area contributed by atoms with Gasteiger partial charge in [-0.05, 0) is 98.3 Å². The summed E-state index contributed by atoms with van der Waals surface area (Å²) in [6, 6.07) is -7.42. The van der Waals surface area contributed by atoms with Crippen molar-refractivity contribution >= 4 is 65.0 Å². The zero-order valence-electron chi connectivity index (χ0n) is 42.9. The van der Waals surface area contributed by atoms with E-state index < -0.39 is 125 Å². The topological polar surface area (TPSA) is 291 Å². The number of nitrogens with one attached hydrogen (secondary N) is 6. The van der Waals surface area contributed by atoms with Crippen molar-refractivity contribution in [3.05, 3.63) is 12.7 Å². The predicted molar refractivity (Wildman–Crippen MR) is 256 cm³/mol. The smallest absolute Gasteiger partial charge is 0.325 e. The number of carbonyl (C=O) groups is 11. The molecule has 0 aromatic heterocycles. The molecule has 2 fully saturated rings. The molecule has 1 heterocycles. The van der Waals surface area contributed by atoms with E-state index in [4.69, 9.17) is 14.2 Å². The maximum atomic E-state index is 14.7. The Morgan fingerprint density at radius 1 is 0.671 bits per heavy atom. The van der Waals surface area contributed by atoms with Crippen LogP contribution in [-0.4, -0.2) is 137 Å². The highest BCUT2D eigenvalue weighted by molar-refractivity contribution is 6.38. The van der Waals surface area contributed by atoms with Crippen LogP contribution in [0.2, 0.25) is 0 Å². The summed E-state index contributed by atoms with van der Waals surface area (Å²) in [7, 11) is 0. The summed E-state index contributed by atoms with van der Waals surface area (Å²) in [5.74, 6) is -9.25. The highest BCUT2D eigenvalue weighted by atomic mass is 16.6. The predicted octanol–water partition coefficient (Wildman–Crippen LogP) is 2.12. The summed E-state index contributed by atoms with van der Waals surface area (Å²) in [5, 5.41) is 15.5. The molecule has 0 aromatic rings. The fraction of sp³-hybridized carbons (Fsp3) is 0.735. The number of ketones is 1. The lowest BCUT2D eigenvalue weighted by Crippen LogP contribution is -2.61. The van der Waals surface area contributed by atoms with Crippen LogP contribution in [0.3, 0.4) is 0 Å². The first kappa shape index (κ1) is 60.2. The van der Waals surface area contributed by atoms with Crippen molar-refractivity contribution in [3.8, 4) is 0 Å². The molecule has 7 amide bonds. The lowest BCUT2D eigenvalue weighted by molar-refractivity contribution is -0.156. The largest absolute Gasteiger partial charge is 0.460 e. The van der Waals surface area contributed by atoms with Gasteiger partial charge in [-0.1, -0.05) is 59.1 Å². The Hall–Kier alpha value is -5.89. The first-order valence-electron chi connectivity index (χ1n) is 24.5. The molecular weight excluding hydrogens is 911 g/mol. The van der Waals surface area contributed by atoms with Gasteiger partial charge < -0.3 is 51.0 Å².